The van der Waals surface area contributed by atoms with Gasteiger partial charge < -0.3 is 10.2 Å². The van der Waals surface area contributed by atoms with E-state index in [-0.39, 0.29) is 0 Å². The molecule has 86 valence electrons. The summed E-state index contributed by atoms with van der Waals surface area (Å²) in [4.78, 5) is 2.47. The molecule has 3 rings (SSSR count). The Hall–Kier alpha value is -0.600. The van der Waals surface area contributed by atoms with Crippen molar-refractivity contribution >= 4 is 34.6 Å². The van der Waals surface area contributed by atoms with Gasteiger partial charge in [0.15, 0.2) is 0 Å². The summed E-state index contributed by atoms with van der Waals surface area (Å²) in [5.41, 5.74) is 2.34. The zero-order valence-corrected chi connectivity index (χ0v) is 10.5. The number of rotatable bonds is 0. The smallest absolute Gasteiger partial charge is 0.0620 e. The lowest BCUT2D eigenvalue weighted by Gasteiger charge is -2.25. The predicted octanol–water partition coefficient (Wildman–Crippen LogP) is 3.78. The van der Waals surface area contributed by atoms with E-state index in [0.29, 0.717) is 16.1 Å². The van der Waals surface area contributed by atoms with Gasteiger partial charge in [-0.2, -0.15) is 0 Å². The summed E-state index contributed by atoms with van der Waals surface area (Å²) in [7, 11) is 0. The molecule has 0 radical (unpaired) electrons. The van der Waals surface area contributed by atoms with Crippen molar-refractivity contribution in [3.05, 3.63) is 22.2 Å². The van der Waals surface area contributed by atoms with E-state index in [9.17, 15) is 0 Å². The van der Waals surface area contributed by atoms with Crippen molar-refractivity contribution in [3.8, 4) is 0 Å². The van der Waals surface area contributed by atoms with Crippen molar-refractivity contribution in [2.75, 3.05) is 23.3 Å². The summed E-state index contributed by atoms with van der Waals surface area (Å²) < 4.78 is 0. The number of hydrogen-bond donors (Lipinski definition) is 1. The Labute approximate surface area is 106 Å². The van der Waals surface area contributed by atoms with Gasteiger partial charge in [0, 0.05) is 19.1 Å². The fraction of sp³-hybridized carbons (Fsp3) is 0.500. The molecule has 0 bridgehead atoms. The van der Waals surface area contributed by atoms with Gasteiger partial charge >= 0.3 is 0 Å². The lowest BCUT2D eigenvalue weighted by Crippen LogP contribution is -2.28. The summed E-state index contributed by atoms with van der Waals surface area (Å²) in [5.74, 6) is 0. The average molecular weight is 257 g/mol. The van der Waals surface area contributed by atoms with Crippen LogP contribution in [0.3, 0.4) is 0 Å². The van der Waals surface area contributed by atoms with Crippen molar-refractivity contribution in [2.24, 2.45) is 0 Å². The zero-order valence-electron chi connectivity index (χ0n) is 8.97. The molecule has 1 N–H and O–H groups in total. The van der Waals surface area contributed by atoms with Crippen LogP contribution in [0.15, 0.2) is 12.1 Å². The van der Waals surface area contributed by atoms with Gasteiger partial charge in [-0.25, -0.2) is 0 Å². The Kier molecular flexibility index (Phi) is 2.64. The molecule has 2 aliphatic rings. The van der Waals surface area contributed by atoms with Crippen molar-refractivity contribution in [1.82, 2.24) is 0 Å². The van der Waals surface area contributed by atoms with Crippen LogP contribution in [0.4, 0.5) is 11.4 Å². The highest BCUT2D eigenvalue weighted by Gasteiger charge is 2.28. The molecule has 1 aromatic rings. The molecule has 1 saturated heterocycles. The summed E-state index contributed by atoms with van der Waals surface area (Å²) in [6.45, 7) is 2.16. The number of nitrogens with zero attached hydrogens (tertiary/aromatic N) is 1. The van der Waals surface area contributed by atoms with E-state index in [1.807, 2.05) is 12.1 Å². The molecular weight excluding hydrogens is 243 g/mol. The second kappa shape index (κ2) is 4.01. The first-order valence-electron chi connectivity index (χ1n) is 5.75. The number of anilines is 2. The lowest BCUT2D eigenvalue weighted by atomic mass is 10.1. The van der Waals surface area contributed by atoms with E-state index in [0.717, 1.165) is 18.8 Å². The van der Waals surface area contributed by atoms with E-state index in [1.54, 1.807) is 0 Å². The molecule has 2 heterocycles. The maximum absolute atomic E-state index is 6.10. The molecule has 0 aliphatic carbocycles. The lowest BCUT2D eigenvalue weighted by molar-refractivity contribution is 0.638. The Morgan fingerprint density at radius 2 is 2.00 bits per heavy atom. The highest BCUT2D eigenvalue weighted by Crippen LogP contribution is 2.40. The first-order chi connectivity index (χ1) is 7.75. The third-order valence-electron chi connectivity index (χ3n) is 3.52. The van der Waals surface area contributed by atoms with Gasteiger partial charge in [0.25, 0.3) is 0 Å². The van der Waals surface area contributed by atoms with E-state index < -0.39 is 0 Å². The molecule has 0 spiro atoms. The van der Waals surface area contributed by atoms with E-state index in [1.165, 1.54) is 24.9 Å². The maximum atomic E-state index is 6.10. The molecule has 4 heteroatoms. The Morgan fingerprint density at radius 3 is 2.88 bits per heavy atom. The molecule has 16 heavy (non-hydrogen) atoms. The number of benzene rings is 1. The van der Waals surface area contributed by atoms with Crippen LogP contribution in [0, 0.1) is 0 Å². The molecule has 1 aromatic carbocycles. The molecule has 1 unspecified atom stereocenters. The summed E-state index contributed by atoms with van der Waals surface area (Å²) in [6.07, 6.45) is 3.77. The maximum Gasteiger partial charge on any atom is 0.0620 e. The van der Waals surface area contributed by atoms with Crippen LogP contribution in [0.25, 0.3) is 0 Å². The minimum atomic E-state index is 0.630. The minimum absolute atomic E-state index is 0.630. The molecule has 2 nitrogen and oxygen atoms in total. The van der Waals surface area contributed by atoms with Gasteiger partial charge in [-0.3, -0.25) is 0 Å². The number of nitrogens with one attached hydrogen (secondary N) is 1. The number of hydrogen-bond acceptors (Lipinski definition) is 2. The minimum Gasteiger partial charge on any atom is -0.383 e. The van der Waals surface area contributed by atoms with Crippen molar-refractivity contribution in [1.29, 1.82) is 0 Å². The highest BCUT2D eigenvalue weighted by atomic mass is 35.5. The fourth-order valence-corrected chi connectivity index (χ4v) is 3.06. The van der Waals surface area contributed by atoms with Gasteiger partial charge in [0.2, 0.25) is 0 Å². The van der Waals surface area contributed by atoms with Crippen LogP contribution < -0.4 is 10.2 Å². The highest BCUT2D eigenvalue weighted by molar-refractivity contribution is 6.42. The summed E-state index contributed by atoms with van der Waals surface area (Å²) in [5, 5.41) is 4.72. The second-order valence-electron chi connectivity index (χ2n) is 4.49. The first-order valence-corrected chi connectivity index (χ1v) is 6.51. The summed E-state index contributed by atoms with van der Waals surface area (Å²) in [6, 6.07) is 4.61. The normalized spacial score (nSPS) is 23.4. The molecule has 1 fully saturated rings. The second-order valence-corrected chi connectivity index (χ2v) is 5.30. The largest absolute Gasteiger partial charge is 0.383 e. The van der Waals surface area contributed by atoms with Crippen molar-refractivity contribution in [3.63, 3.8) is 0 Å². The molecular formula is C12H14Cl2N2. The van der Waals surface area contributed by atoms with Crippen LogP contribution in [0.2, 0.25) is 10.0 Å². The van der Waals surface area contributed by atoms with E-state index in [2.05, 4.69) is 10.2 Å². The third-order valence-corrected chi connectivity index (χ3v) is 4.24. The average Bonchev–Trinajstić information content (AvgIpc) is 2.65. The van der Waals surface area contributed by atoms with Gasteiger partial charge in [0.1, 0.15) is 0 Å². The van der Waals surface area contributed by atoms with Crippen LogP contribution >= 0.6 is 23.2 Å². The molecule has 0 aromatic heterocycles. The molecule has 2 aliphatic heterocycles. The predicted molar refractivity (Wildman–Crippen MR) is 69.9 cm³/mol. The standard InChI is InChI=1S/C12H14Cl2N2/c13-9-6-11-12(7-10(9)14)16-5-1-2-8(16)3-4-15-11/h6-8,15H,1-5H2. The van der Waals surface area contributed by atoms with Crippen LogP contribution in [0.1, 0.15) is 19.3 Å². The van der Waals surface area contributed by atoms with Crippen LogP contribution in [-0.4, -0.2) is 19.1 Å². The summed E-state index contributed by atoms with van der Waals surface area (Å²) >= 11 is 12.2. The van der Waals surface area contributed by atoms with Gasteiger partial charge in [-0.15, -0.1) is 0 Å². The monoisotopic (exact) mass is 256 g/mol. The fourth-order valence-electron chi connectivity index (χ4n) is 2.74. The Bertz CT molecular complexity index is 420. The Balaban J connectivity index is 2.09. The van der Waals surface area contributed by atoms with E-state index in [4.69, 9.17) is 23.2 Å². The van der Waals surface area contributed by atoms with Crippen molar-refractivity contribution in [2.45, 2.75) is 25.3 Å². The third kappa shape index (κ3) is 1.64. The zero-order chi connectivity index (χ0) is 11.1. The quantitative estimate of drug-likeness (QED) is 0.760. The topological polar surface area (TPSA) is 15.3 Å². The SMILES string of the molecule is Clc1cc2c(cc1Cl)N1CCCC1CCN2. The van der Waals surface area contributed by atoms with Crippen LogP contribution in [-0.2, 0) is 0 Å². The number of fused-ring (bicyclic) bond motifs is 3. The van der Waals surface area contributed by atoms with E-state index >= 15 is 0 Å². The molecule has 0 saturated carbocycles. The Morgan fingerprint density at radius 1 is 1.19 bits per heavy atom. The van der Waals surface area contributed by atoms with Gasteiger partial charge in [-0.05, 0) is 31.4 Å². The molecule has 1 atom stereocenters. The molecule has 0 amide bonds. The van der Waals surface area contributed by atoms with Gasteiger partial charge in [-0.1, -0.05) is 23.2 Å². The van der Waals surface area contributed by atoms with Crippen molar-refractivity contribution < 1.29 is 0 Å². The van der Waals surface area contributed by atoms with Crippen LogP contribution in [0.5, 0.6) is 0 Å². The first kappa shape index (κ1) is 10.5. The number of halogens is 2. The van der Waals surface area contributed by atoms with Gasteiger partial charge in [0.05, 0.1) is 21.4 Å².